The van der Waals surface area contributed by atoms with Crippen LogP contribution in [0.1, 0.15) is 23.6 Å². The van der Waals surface area contributed by atoms with Crippen LogP contribution >= 0.6 is 10.2 Å². The number of nitrogens with zero attached hydrogens (tertiary/aromatic N) is 1. The number of carbonyl (C=O) groups is 1. The van der Waals surface area contributed by atoms with Crippen molar-refractivity contribution in [3.8, 4) is 0 Å². The van der Waals surface area contributed by atoms with E-state index in [4.69, 9.17) is 0 Å². The number of anilines is 3. The first-order chi connectivity index (χ1) is 16.8. The van der Waals surface area contributed by atoms with Gasteiger partial charge < -0.3 is 16.0 Å². The normalized spacial score (nSPS) is 17.1. The Hall–Kier alpha value is -3.86. The number of rotatable bonds is 5. The SMILES string of the molecule is O=C(Nc1ccc(S(F)(F)(F)(F)F)cc1)Nc1ccc2nc(N[C@@H]3CCc4ccccc43)ccc2c1. The van der Waals surface area contributed by atoms with Gasteiger partial charge in [0.05, 0.1) is 11.6 Å². The van der Waals surface area contributed by atoms with E-state index < -0.39 is 21.2 Å². The smallest absolute Gasteiger partial charge is 0.323 e. The Balaban J connectivity index is 1.24. The Labute approximate surface area is 203 Å². The van der Waals surface area contributed by atoms with Crippen molar-refractivity contribution in [2.75, 3.05) is 16.0 Å². The van der Waals surface area contributed by atoms with Crippen LogP contribution in [0.5, 0.6) is 0 Å². The summed E-state index contributed by atoms with van der Waals surface area (Å²) in [5.74, 6) is 0.734. The lowest BCUT2D eigenvalue weighted by atomic mass is 10.1. The molecular weight excluding hydrogens is 499 g/mol. The molecule has 3 N–H and O–H groups in total. The van der Waals surface area contributed by atoms with Crippen molar-refractivity contribution in [1.29, 1.82) is 0 Å². The number of aromatic nitrogens is 1. The van der Waals surface area contributed by atoms with E-state index in [1.807, 2.05) is 24.3 Å². The Morgan fingerprint density at radius 3 is 2.28 bits per heavy atom. The number of carbonyl (C=O) groups excluding carboxylic acids is 1. The molecule has 11 heteroatoms. The summed E-state index contributed by atoms with van der Waals surface area (Å²) in [5.41, 5.74) is 3.68. The lowest BCUT2D eigenvalue weighted by Crippen LogP contribution is -2.19. The van der Waals surface area contributed by atoms with Crippen LogP contribution in [0.2, 0.25) is 0 Å². The fourth-order valence-electron chi connectivity index (χ4n) is 4.26. The highest BCUT2D eigenvalue weighted by atomic mass is 32.5. The molecule has 1 atom stereocenters. The average Bonchev–Trinajstić information content (AvgIpc) is 3.21. The highest BCUT2D eigenvalue weighted by Gasteiger charge is 2.65. The van der Waals surface area contributed by atoms with Crippen molar-refractivity contribution in [3.05, 3.63) is 90.0 Å². The third-order valence-corrected chi connectivity index (χ3v) is 7.12. The number of hydrogen-bond acceptors (Lipinski definition) is 3. The molecule has 2 amide bonds. The third-order valence-electron chi connectivity index (χ3n) is 5.96. The summed E-state index contributed by atoms with van der Waals surface area (Å²) in [4.78, 5) is 14.9. The molecule has 1 heterocycles. The van der Waals surface area contributed by atoms with Crippen molar-refractivity contribution in [2.45, 2.75) is 23.8 Å². The maximum Gasteiger partial charge on any atom is 0.323 e. The zero-order chi connectivity index (χ0) is 25.6. The van der Waals surface area contributed by atoms with Gasteiger partial charge in [0.1, 0.15) is 10.7 Å². The minimum absolute atomic E-state index is 0.0650. The number of fused-ring (bicyclic) bond motifs is 2. The van der Waals surface area contributed by atoms with Gasteiger partial charge in [-0.25, -0.2) is 9.78 Å². The van der Waals surface area contributed by atoms with Crippen LogP contribution in [0.3, 0.4) is 0 Å². The van der Waals surface area contributed by atoms with Crippen LogP contribution in [-0.2, 0) is 6.42 Å². The molecule has 5 rings (SSSR count). The molecule has 0 spiro atoms. The summed E-state index contributed by atoms with van der Waals surface area (Å²) in [6.45, 7) is 0. The van der Waals surface area contributed by atoms with Gasteiger partial charge >= 0.3 is 16.3 Å². The summed E-state index contributed by atoms with van der Waals surface area (Å²) in [7, 11) is -9.76. The predicted octanol–water partition coefficient (Wildman–Crippen LogP) is 8.64. The van der Waals surface area contributed by atoms with Crippen LogP contribution in [0, 0.1) is 0 Å². The van der Waals surface area contributed by atoms with Gasteiger partial charge in [0.25, 0.3) is 0 Å². The predicted molar refractivity (Wildman–Crippen MR) is 133 cm³/mol. The molecule has 0 saturated carbocycles. The molecule has 0 radical (unpaired) electrons. The Morgan fingerprint density at radius 1 is 0.833 bits per heavy atom. The van der Waals surface area contributed by atoms with Crippen molar-refractivity contribution in [2.24, 2.45) is 0 Å². The van der Waals surface area contributed by atoms with E-state index >= 15 is 0 Å². The first-order valence-electron chi connectivity index (χ1n) is 11.0. The van der Waals surface area contributed by atoms with Crippen LogP contribution in [-0.4, -0.2) is 11.0 Å². The highest BCUT2D eigenvalue weighted by molar-refractivity contribution is 8.45. The molecular formula is C25H21F5N4OS. The fourth-order valence-corrected chi connectivity index (χ4v) is 4.91. The first-order valence-corrected chi connectivity index (χ1v) is 13.0. The molecule has 5 nitrogen and oxygen atoms in total. The number of halogens is 5. The molecule has 0 aliphatic heterocycles. The molecule has 0 unspecified atom stereocenters. The number of aryl methyl sites for hydroxylation is 1. The second kappa shape index (κ2) is 7.82. The minimum Gasteiger partial charge on any atom is -0.363 e. The van der Waals surface area contributed by atoms with Gasteiger partial charge in [-0.15, -0.1) is 0 Å². The summed E-state index contributed by atoms with van der Waals surface area (Å²) in [6, 6.07) is 18.6. The van der Waals surface area contributed by atoms with Gasteiger partial charge in [0, 0.05) is 16.8 Å². The van der Waals surface area contributed by atoms with Gasteiger partial charge in [0.15, 0.2) is 0 Å². The van der Waals surface area contributed by atoms with E-state index in [1.54, 1.807) is 18.2 Å². The summed E-state index contributed by atoms with van der Waals surface area (Å²) in [5, 5.41) is 9.14. The van der Waals surface area contributed by atoms with Crippen molar-refractivity contribution in [1.82, 2.24) is 4.98 Å². The number of hydrogen-bond donors (Lipinski definition) is 3. The topological polar surface area (TPSA) is 66.0 Å². The molecule has 0 bridgehead atoms. The summed E-state index contributed by atoms with van der Waals surface area (Å²) < 4.78 is 64.2. The molecule has 188 valence electrons. The third kappa shape index (κ3) is 5.20. The highest BCUT2D eigenvalue weighted by Crippen LogP contribution is 3.02. The fraction of sp³-hybridized carbons (Fsp3) is 0.120. The van der Waals surface area contributed by atoms with E-state index in [1.165, 1.54) is 11.1 Å². The minimum atomic E-state index is -9.76. The number of nitrogens with one attached hydrogen (secondary N) is 3. The summed E-state index contributed by atoms with van der Waals surface area (Å²) >= 11 is 0. The molecule has 0 fully saturated rings. The summed E-state index contributed by atoms with van der Waals surface area (Å²) in [6.07, 6.45) is 2.00. The van der Waals surface area contributed by atoms with E-state index in [2.05, 4.69) is 33.1 Å². The van der Waals surface area contributed by atoms with Gasteiger partial charge in [0.2, 0.25) is 0 Å². The van der Waals surface area contributed by atoms with Gasteiger partial charge in [-0.3, -0.25) is 0 Å². The van der Waals surface area contributed by atoms with Crippen LogP contribution in [0.25, 0.3) is 10.9 Å². The number of urea groups is 1. The number of benzene rings is 3. The van der Waals surface area contributed by atoms with E-state index in [0.717, 1.165) is 36.2 Å². The molecule has 0 saturated heterocycles. The van der Waals surface area contributed by atoms with Gasteiger partial charge in [-0.05, 0) is 78.6 Å². The van der Waals surface area contributed by atoms with Crippen LogP contribution in [0.4, 0.5) is 41.4 Å². The molecule has 1 aromatic heterocycles. The second-order valence-corrected chi connectivity index (χ2v) is 11.0. The van der Waals surface area contributed by atoms with Crippen molar-refractivity contribution >= 4 is 44.4 Å². The lowest BCUT2D eigenvalue weighted by Gasteiger charge is -2.40. The Morgan fingerprint density at radius 2 is 1.53 bits per heavy atom. The quantitative estimate of drug-likeness (QED) is 0.231. The van der Waals surface area contributed by atoms with E-state index in [9.17, 15) is 24.2 Å². The number of pyridine rings is 1. The maximum atomic E-state index is 12.8. The van der Waals surface area contributed by atoms with E-state index in [-0.39, 0.29) is 23.9 Å². The molecule has 1 aliphatic carbocycles. The van der Waals surface area contributed by atoms with E-state index in [0.29, 0.717) is 11.2 Å². The molecule has 4 aromatic rings. The number of amides is 2. The molecule has 3 aromatic carbocycles. The molecule has 36 heavy (non-hydrogen) atoms. The largest absolute Gasteiger partial charge is 0.363 e. The maximum absolute atomic E-state index is 12.8. The zero-order valence-corrected chi connectivity index (χ0v) is 19.5. The van der Waals surface area contributed by atoms with Crippen molar-refractivity contribution < 1.29 is 24.2 Å². The monoisotopic (exact) mass is 520 g/mol. The second-order valence-electron chi connectivity index (χ2n) is 8.61. The average molecular weight is 521 g/mol. The first kappa shape index (κ1) is 23.9. The van der Waals surface area contributed by atoms with Crippen molar-refractivity contribution in [3.63, 3.8) is 0 Å². The van der Waals surface area contributed by atoms with Crippen LogP contribution < -0.4 is 16.0 Å². The van der Waals surface area contributed by atoms with Gasteiger partial charge in [-0.1, -0.05) is 43.7 Å². The zero-order valence-electron chi connectivity index (χ0n) is 18.7. The lowest BCUT2D eigenvalue weighted by molar-refractivity contribution is 0.262. The Bertz CT molecular complexity index is 1480. The molecule has 1 aliphatic rings. The van der Waals surface area contributed by atoms with Crippen LogP contribution in [0.15, 0.2) is 83.8 Å². The Kier molecular flexibility index (Phi) is 5.18. The standard InChI is InChI=1S/C25H21F5N4OS/c26-36(27,28,29,30)20-10-7-18(8-11-20)31-25(35)32-19-9-13-22-17(15-19)6-14-24(33-22)34-23-12-5-16-3-1-2-4-21(16)23/h1-4,6-11,13-15,23H,5,12H2,(H,33,34)(H2,31,32,35)/t23-/m1/s1. The van der Waals surface area contributed by atoms with Gasteiger partial charge in [-0.2, -0.15) is 0 Å².